The number of likely N-dealkylation sites (tertiary alicyclic amines) is 2. The largest absolute Gasteiger partial charge is 0.443 e. The highest BCUT2D eigenvalue weighted by atomic mass is 32.2. The Kier molecular flexibility index (Phi) is 8.25. The highest BCUT2D eigenvalue weighted by molar-refractivity contribution is 7.89. The van der Waals surface area contributed by atoms with E-state index in [0.29, 0.717) is 12.3 Å². The number of alkyl halides is 3. The number of nitrogens with zero attached hydrogens (tertiary/aromatic N) is 3. The lowest BCUT2D eigenvalue weighted by Gasteiger charge is -2.22. The van der Waals surface area contributed by atoms with E-state index in [2.05, 4.69) is 10.3 Å². The molecule has 0 saturated carbocycles. The number of nitrogens with one attached hydrogen (secondary N) is 1. The second-order valence-corrected chi connectivity index (χ2v) is 12.9. The number of amides is 3. The lowest BCUT2D eigenvalue weighted by atomic mass is 9.95. The molecule has 1 aromatic heterocycles. The Morgan fingerprint density at radius 1 is 1.05 bits per heavy atom. The summed E-state index contributed by atoms with van der Waals surface area (Å²) in [4.78, 5) is 44.2. The van der Waals surface area contributed by atoms with Gasteiger partial charge in [0.2, 0.25) is 15.9 Å². The lowest BCUT2D eigenvalue weighted by Crippen LogP contribution is -2.36. The number of hydrogen-bond donors (Lipinski definition) is 2. The molecule has 2 atom stereocenters. The lowest BCUT2D eigenvalue weighted by molar-refractivity contribution is -0.137. The van der Waals surface area contributed by atoms with Crippen molar-refractivity contribution in [2.24, 2.45) is 22.4 Å². The van der Waals surface area contributed by atoms with Crippen LogP contribution in [0.3, 0.4) is 0 Å². The number of benzene rings is 1. The number of primary sulfonamides is 1. The van der Waals surface area contributed by atoms with Gasteiger partial charge in [-0.05, 0) is 24.3 Å². The first-order chi connectivity index (χ1) is 19.3. The Morgan fingerprint density at radius 2 is 1.64 bits per heavy atom. The summed E-state index contributed by atoms with van der Waals surface area (Å²) in [5.41, 5.74) is -2.59. The molecule has 3 amide bonds. The Bertz CT molecular complexity index is 1510. The van der Waals surface area contributed by atoms with Crippen LogP contribution >= 0.6 is 0 Å². The molecule has 228 valence electrons. The van der Waals surface area contributed by atoms with Crippen LogP contribution in [0, 0.1) is 23.1 Å². The first-order valence-corrected chi connectivity index (χ1v) is 14.3. The number of sulfonamides is 1. The Labute approximate surface area is 239 Å². The molecule has 11 nitrogen and oxygen atoms in total. The predicted molar refractivity (Wildman–Crippen MR) is 140 cm³/mol. The van der Waals surface area contributed by atoms with E-state index in [-0.39, 0.29) is 55.0 Å². The quantitative estimate of drug-likeness (QED) is 0.490. The molecule has 1 aromatic carbocycles. The average Bonchev–Trinajstić information content (AvgIpc) is 3.45. The second-order valence-electron chi connectivity index (χ2n) is 11.3. The van der Waals surface area contributed by atoms with Crippen molar-refractivity contribution < 1.29 is 45.1 Å². The van der Waals surface area contributed by atoms with Crippen molar-refractivity contribution in [3.63, 3.8) is 0 Å². The highest BCUT2D eigenvalue weighted by Gasteiger charge is 2.44. The minimum atomic E-state index is -4.70. The van der Waals surface area contributed by atoms with Gasteiger partial charge < -0.3 is 19.9 Å². The van der Waals surface area contributed by atoms with Gasteiger partial charge in [0.1, 0.15) is 18.1 Å². The molecular formula is C26H29F4N5O6S. The van der Waals surface area contributed by atoms with E-state index in [0.717, 1.165) is 18.2 Å². The summed E-state index contributed by atoms with van der Waals surface area (Å²) in [6.45, 7) is 5.12. The van der Waals surface area contributed by atoms with Gasteiger partial charge in [-0.25, -0.2) is 22.7 Å². The van der Waals surface area contributed by atoms with Crippen LogP contribution in [0.15, 0.2) is 35.4 Å². The molecule has 2 aromatic rings. The SMILES string of the molecule is CC(C)(C)C(=O)Nc1cc(C(F)(F)F)cnc1COC(=O)N1CC2CN(C(=O)c3ccc(S(N)(=O)=O)cc3F)C[C@H]2C1. The fourth-order valence-corrected chi connectivity index (χ4v) is 5.25. The molecule has 3 heterocycles. The Balaban J connectivity index is 1.37. The van der Waals surface area contributed by atoms with Crippen molar-refractivity contribution in [1.29, 1.82) is 0 Å². The molecule has 0 radical (unpaired) electrons. The number of ether oxygens (including phenoxy) is 1. The molecule has 2 fully saturated rings. The molecule has 42 heavy (non-hydrogen) atoms. The Morgan fingerprint density at radius 3 is 2.17 bits per heavy atom. The maximum atomic E-state index is 14.5. The van der Waals surface area contributed by atoms with Gasteiger partial charge in [0.05, 0.1) is 21.7 Å². The van der Waals surface area contributed by atoms with Gasteiger partial charge in [-0.3, -0.25) is 14.6 Å². The van der Waals surface area contributed by atoms with E-state index in [1.54, 1.807) is 20.8 Å². The van der Waals surface area contributed by atoms with Crippen LogP contribution in [-0.2, 0) is 32.3 Å². The number of anilines is 1. The minimum absolute atomic E-state index is 0.0689. The predicted octanol–water partition coefficient (Wildman–Crippen LogP) is 3.21. The number of carbonyl (C=O) groups is 3. The third-order valence-electron chi connectivity index (χ3n) is 7.09. The van der Waals surface area contributed by atoms with E-state index in [9.17, 15) is 40.4 Å². The zero-order valence-electron chi connectivity index (χ0n) is 22.9. The number of pyridine rings is 1. The summed E-state index contributed by atoms with van der Waals surface area (Å²) in [7, 11) is -4.14. The van der Waals surface area contributed by atoms with Crippen molar-refractivity contribution in [3.8, 4) is 0 Å². The summed E-state index contributed by atoms with van der Waals surface area (Å²) in [6.07, 6.45) is -4.86. The third-order valence-corrected chi connectivity index (χ3v) is 8.00. The summed E-state index contributed by atoms with van der Waals surface area (Å²) >= 11 is 0. The molecule has 0 aliphatic carbocycles. The van der Waals surface area contributed by atoms with E-state index in [1.165, 1.54) is 9.80 Å². The number of rotatable bonds is 5. The first-order valence-electron chi connectivity index (χ1n) is 12.8. The van der Waals surface area contributed by atoms with Gasteiger partial charge in [-0.15, -0.1) is 0 Å². The zero-order valence-corrected chi connectivity index (χ0v) is 23.7. The van der Waals surface area contributed by atoms with Crippen LogP contribution in [0.4, 0.5) is 28.0 Å². The van der Waals surface area contributed by atoms with E-state index < -0.39 is 62.4 Å². The molecule has 0 spiro atoms. The van der Waals surface area contributed by atoms with Crippen molar-refractivity contribution in [1.82, 2.24) is 14.8 Å². The van der Waals surface area contributed by atoms with Crippen LogP contribution in [0.25, 0.3) is 0 Å². The Hall–Kier alpha value is -3.79. The van der Waals surface area contributed by atoms with Crippen molar-refractivity contribution >= 4 is 33.6 Å². The smallest absolute Gasteiger partial charge is 0.417 e. The molecule has 1 unspecified atom stereocenters. The molecule has 4 rings (SSSR count). The van der Waals surface area contributed by atoms with E-state index in [4.69, 9.17) is 9.88 Å². The molecule has 3 N–H and O–H groups in total. The number of fused-ring (bicyclic) bond motifs is 1. The average molecular weight is 616 g/mol. The van der Waals surface area contributed by atoms with Gasteiger partial charge >= 0.3 is 12.3 Å². The van der Waals surface area contributed by atoms with Gasteiger partial charge in [-0.1, -0.05) is 20.8 Å². The van der Waals surface area contributed by atoms with Crippen LogP contribution < -0.4 is 10.5 Å². The minimum Gasteiger partial charge on any atom is -0.443 e. The van der Waals surface area contributed by atoms with E-state index in [1.807, 2.05) is 0 Å². The molecule has 2 saturated heterocycles. The van der Waals surface area contributed by atoms with Gasteiger partial charge in [0.15, 0.2) is 0 Å². The molecular weight excluding hydrogens is 586 g/mol. The number of aromatic nitrogens is 1. The first kappa shape index (κ1) is 31.2. The van der Waals surface area contributed by atoms with Crippen LogP contribution in [0.1, 0.15) is 42.4 Å². The second kappa shape index (κ2) is 11.1. The highest BCUT2D eigenvalue weighted by Crippen LogP contribution is 2.34. The van der Waals surface area contributed by atoms with Gasteiger partial charge in [0.25, 0.3) is 5.91 Å². The molecule has 2 aliphatic rings. The standard InChI is InChI=1S/C26H29F4N5O6S/c1-25(2,3)23(37)33-20-6-16(26(28,29)30)8-32-21(20)13-41-24(38)35-11-14-9-34(10-15(14)12-35)22(36)18-5-4-17(7-19(18)27)42(31,39)40/h4-8,14-15H,9-13H2,1-3H3,(H,33,37)(H2,31,39,40)/t14-,15?/m0/s1. The van der Waals surface area contributed by atoms with Crippen molar-refractivity contribution in [2.45, 2.75) is 38.4 Å². The summed E-state index contributed by atoms with van der Waals surface area (Å²) in [5, 5.41) is 7.42. The third kappa shape index (κ3) is 6.81. The fourth-order valence-electron chi connectivity index (χ4n) is 4.73. The summed E-state index contributed by atoms with van der Waals surface area (Å²) in [5.74, 6) is -2.49. The van der Waals surface area contributed by atoms with Crippen LogP contribution in [-0.4, -0.2) is 67.3 Å². The maximum absolute atomic E-state index is 14.5. The van der Waals surface area contributed by atoms with Gasteiger partial charge in [0, 0.05) is 49.6 Å². The zero-order chi connectivity index (χ0) is 31.2. The fraction of sp³-hybridized carbons (Fsp3) is 0.462. The normalized spacial score (nSPS) is 19.0. The molecule has 16 heteroatoms. The summed E-state index contributed by atoms with van der Waals surface area (Å²) in [6, 6.07) is 3.52. The van der Waals surface area contributed by atoms with Crippen molar-refractivity contribution in [2.75, 3.05) is 31.5 Å². The molecule has 0 bridgehead atoms. The van der Waals surface area contributed by atoms with Crippen LogP contribution in [0.5, 0.6) is 0 Å². The van der Waals surface area contributed by atoms with Crippen molar-refractivity contribution in [3.05, 3.63) is 53.1 Å². The number of hydrogen-bond acceptors (Lipinski definition) is 7. The molecule has 2 aliphatic heterocycles. The summed E-state index contributed by atoms with van der Waals surface area (Å²) < 4.78 is 82.4. The maximum Gasteiger partial charge on any atom is 0.417 e. The monoisotopic (exact) mass is 615 g/mol. The van der Waals surface area contributed by atoms with Crippen LogP contribution in [0.2, 0.25) is 0 Å². The topological polar surface area (TPSA) is 152 Å². The van der Waals surface area contributed by atoms with E-state index >= 15 is 0 Å². The van der Waals surface area contributed by atoms with Gasteiger partial charge in [-0.2, -0.15) is 13.2 Å². The number of halogens is 4. The number of nitrogens with two attached hydrogens (primary N) is 1. The number of carbonyl (C=O) groups excluding carboxylic acids is 3.